The second kappa shape index (κ2) is 7.88. The van der Waals surface area contributed by atoms with E-state index in [9.17, 15) is 14.3 Å². The van der Waals surface area contributed by atoms with Crippen molar-refractivity contribution in [3.63, 3.8) is 0 Å². The molecule has 0 unspecified atom stereocenters. The summed E-state index contributed by atoms with van der Waals surface area (Å²) in [6.45, 7) is 8.31. The highest BCUT2D eigenvalue weighted by Gasteiger charge is 2.42. The van der Waals surface area contributed by atoms with Crippen molar-refractivity contribution in [1.82, 2.24) is 20.0 Å². The minimum Gasteiger partial charge on any atom is -0.391 e. The van der Waals surface area contributed by atoms with Gasteiger partial charge in [0.1, 0.15) is 5.82 Å². The van der Waals surface area contributed by atoms with Crippen molar-refractivity contribution in [1.29, 1.82) is 0 Å². The van der Waals surface area contributed by atoms with Crippen LogP contribution in [0.15, 0.2) is 24.3 Å². The molecule has 156 valence electrons. The van der Waals surface area contributed by atoms with Gasteiger partial charge in [0, 0.05) is 37.8 Å². The topological polar surface area (TPSA) is 70.4 Å². The zero-order chi connectivity index (χ0) is 20.7. The minimum atomic E-state index is -0.468. The number of carbonyl (C=O) groups is 1. The predicted octanol–water partition coefficient (Wildman–Crippen LogP) is 2.34. The number of benzene rings is 1. The highest BCUT2D eigenvalue weighted by atomic mass is 19.1. The summed E-state index contributed by atoms with van der Waals surface area (Å²) < 4.78 is 15.1. The molecule has 29 heavy (non-hydrogen) atoms. The van der Waals surface area contributed by atoms with Crippen LogP contribution in [0.1, 0.15) is 36.7 Å². The Balaban J connectivity index is 1.47. The number of aromatic nitrogens is 2. The number of nitrogens with one attached hydrogen (secondary N) is 1. The van der Waals surface area contributed by atoms with Gasteiger partial charge in [0.05, 0.1) is 23.5 Å². The maximum absolute atomic E-state index is 13.3. The predicted molar refractivity (Wildman–Crippen MR) is 108 cm³/mol. The lowest BCUT2D eigenvalue weighted by atomic mass is 9.77. The van der Waals surface area contributed by atoms with Crippen LogP contribution in [-0.4, -0.2) is 50.9 Å². The smallest absolute Gasteiger partial charge is 0.217 e. The van der Waals surface area contributed by atoms with E-state index in [-0.39, 0.29) is 17.8 Å². The van der Waals surface area contributed by atoms with E-state index in [0.717, 1.165) is 49.6 Å². The molecule has 1 saturated carbocycles. The molecule has 2 aliphatic rings. The highest BCUT2D eigenvalue weighted by molar-refractivity contribution is 5.73. The molecule has 1 aliphatic carbocycles. The Morgan fingerprint density at radius 3 is 2.52 bits per heavy atom. The van der Waals surface area contributed by atoms with E-state index in [1.54, 1.807) is 12.1 Å². The second-order valence-electron chi connectivity index (χ2n) is 8.60. The van der Waals surface area contributed by atoms with Crippen molar-refractivity contribution in [3.05, 3.63) is 47.0 Å². The molecular weight excluding hydrogens is 371 g/mol. The Labute approximate surface area is 170 Å². The largest absolute Gasteiger partial charge is 0.391 e. The summed E-state index contributed by atoms with van der Waals surface area (Å²) in [6, 6.07) is 6.25. The number of amides is 1. The number of halogens is 1. The number of aryl methyl sites for hydroxylation is 1. The van der Waals surface area contributed by atoms with Gasteiger partial charge in [-0.2, -0.15) is 5.10 Å². The first kappa shape index (κ1) is 20.0. The molecule has 2 fully saturated rings. The van der Waals surface area contributed by atoms with Gasteiger partial charge < -0.3 is 10.4 Å². The maximum atomic E-state index is 13.3. The summed E-state index contributed by atoms with van der Waals surface area (Å²) in [5, 5.41) is 18.0. The van der Waals surface area contributed by atoms with Crippen LogP contribution in [0.5, 0.6) is 0 Å². The van der Waals surface area contributed by atoms with Gasteiger partial charge in [-0.3, -0.25) is 9.69 Å². The summed E-state index contributed by atoms with van der Waals surface area (Å²) in [6.07, 6.45) is 1.10. The molecule has 1 aliphatic heterocycles. The van der Waals surface area contributed by atoms with Gasteiger partial charge >= 0.3 is 0 Å². The van der Waals surface area contributed by atoms with E-state index in [1.807, 2.05) is 11.6 Å². The number of hydrogen-bond acceptors (Lipinski definition) is 4. The van der Waals surface area contributed by atoms with Crippen molar-refractivity contribution >= 4 is 5.91 Å². The second-order valence-corrected chi connectivity index (χ2v) is 8.60. The molecule has 0 spiro atoms. The summed E-state index contributed by atoms with van der Waals surface area (Å²) >= 11 is 0. The quantitative estimate of drug-likeness (QED) is 0.827. The van der Waals surface area contributed by atoms with Gasteiger partial charge in [-0.25, -0.2) is 9.07 Å². The van der Waals surface area contributed by atoms with Crippen LogP contribution in [0.2, 0.25) is 0 Å². The van der Waals surface area contributed by atoms with Gasteiger partial charge in [0.2, 0.25) is 5.91 Å². The number of hydrogen-bond donors (Lipinski definition) is 2. The van der Waals surface area contributed by atoms with Crippen LogP contribution in [0.25, 0.3) is 5.69 Å². The highest BCUT2D eigenvalue weighted by Crippen LogP contribution is 2.37. The molecule has 6 nitrogen and oxygen atoms in total. The number of aliphatic hydroxyl groups excluding tert-OH is 1. The van der Waals surface area contributed by atoms with E-state index in [0.29, 0.717) is 11.8 Å². The van der Waals surface area contributed by atoms with Crippen LogP contribution in [0, 0.1) is 31.5 Å². The van der Waals surface area contributed by atoms with Crippen molar-refractivity contribution in [3.8, 4) is 5.69 Å². The molecule has 4 rings (SSSR count). The number of rotatable bonds is 4. The minimum absolute atomic E-state index is 0.0817. The van der Waals surface area contributed by atoms with Gasteiger partial charge in [0.15, 0.2) is 0 Å². The number of nitrogens with zero attached hydrogens (tertiary/aromatic N) is 3. The summed E-state index contributed by atoms with van der Waals surface area (Å²) in [5.74, 6) is 0.613. The van der Waals surface area contributed by atoms with Crippen LogP contribution in [0.4, 0.5) is 4.39 Å². The van der Waals surface area contributed by atoms with Crippen molar-refractivity contribution < 1.29 is 14.3 Å². The molecular formula is C22H29FN4O2. The Morgan fingerprint density at radius 1 is 1.21 bits per heavy atom. The maximum Gasteiger partial charge on any atom is 0.217 e. The third-order valence-corrected chi connectivity index (χ3v) is 6.50. The Morgan fingerprint density at radius 2 is 1.86 bits per heavy atom. The van der Waals surface area contributed by atoms with E-state index in [2.05, 4.69) is 22.2 Å². The molecule has 0 bridgehead atoms. The number of fused-ring (bicyclic) bond motifs is 1. The number of aliphatic hydroxyl groups is 1. The molecule has 1 amide bonds. The van der Waals surface area contributed by atoms with E-state index < -0.39 is 6.10 Å². The Hall–Kier alpha value is -2.25. The van der Waals surface area contributed by atoms with Gasteiger partial charge in [0.25, 0.3) is 0 Å². The molecule has 2 N–H and O–H groups in total. The van der Waals surface area contributed by atoms with Crippen LogP contribution >= 0.6 is 0 Å². The number of carbonyl (C=O) groups excluding carboxylic acids is 1. The molecule has 1 saturated heterocycles. The summed E-state index contributed by atoms with van der Waals surface area (Å²) in [7, 11) is 0. The molecule has 0 radical (unpaired) electrons. The van der Waals surface area contributed by atoms with Crippen LogP contribution < -0.4 is 5.32 Å². The first-order valence-corrected chi connectivity index (χ1v) is 10.3. The fourth-order valence-corrected chi connectivity index (χ4v) is 5.03. The molecule has 1 aromatic carbocycles. The molecule has 2 aromatic rings. The SMILES string of the molecule is CC(=O)N[C@@H]1C[C@@H]2CN(Cc3c(C)nn(-c4ccc(F)cc4)c3C)C[C@@H]2C[C@H]1O. The van der Waals surface area contributed by atoms with Gasteiger partial charge in [-0.1, -0.05) is 0 Å². The molecule has 4 atom stereocenters. The van der Waals surface area contributed by atoms with Crippen molar-refractivity contribution in [2.24, 2.45) is 11.8 Å². The average Bonchev–Trinajstić information content (AvgIpc) is 3.17. The standard InChI is InChI=1S/C22H29FN4O2/c1-13-20(14(2)27(25-13)19-6-4-18(23)5-7-19)12-26-10-16-8-21(24-15(3)28)22(29)9-17(16)11-26/h4-7,16-17,21-22,29H,8-12H2,1-3H3,(H,24,28)/t16-,17+,21-,22-/m1/s1. The van der Waals surface area contributed by atoms with Crippen molar-refractivity contribution in [2.75, 3.05) is 13.1 Å². The summed E-state index contributed by atoms with van der Waals surface area (Å²) in [5.41, 5.74) is 4.11. The zero-order valence-electron chi connectivity index (χ0n) is 17.2. The Bertz CT molecular complexity index is 895. The molecule has 2 heterocycles. The van der Waals surface area contributed by atoms with Gasteiger partial charge in [-0.05, 0) is 62.8 Å². The van der Waals surface area contributed by atoms with E-state index in [1.165, 1.54) is 24.6 Å². The third kappa shape index (κ3) is 4.07. The van der Waals surface area contributed by atoms with E-state index in [4.69, 9.17) is 0 Å². The van der Waals surface area contributed by atoms with Crippen LogP contribution in [-0.2, 0) is 11.3 Å². The first-order valence-electron chi connectivity index (χ1n) is 10.3. The Kier molecular flexibility index (Phi) is 5.44. The van der Waals surface area contributed by atoms with Crippen molar-refractivity contribution in [2.45, 2.75) is 52.3 Å². The average molecular weight is 400 g/mol. The lowest BCUT2D eigenvalue weighted by Gasteiger charge is -2.35. The molecule has 1 aromatic heterocycles. The zero-order valence-corrected chi connectivity index (χ0v) is 17.2. The fraction of sp³-hybridized carbons (Fsp3) is 0.545. The molecule has 7 heteroatoms. The van der Waals surface area contributed by atoms with E-state index >= 15 is 0 Å². The van der Waals surface area contributed by atoms with Gasteiger partial charge in [-0.15, -0.1) is 0 Å². The third-order valence-electron chi connectivity index (χ3n) is 6.50. The fourth-order valence-electron chi connectivity index (χ4n) is 5.03. The first-order chi connectivity index (χ1) is 13.8. The lowest BCUT2D eigenvalue weighted by Crippen LogP contribution is -2.48. The number of likely N-dealkylation sites (tertiary alicyclic amines) is 1. The lowest BCUT2D eigenvalue weighted by molar-refractivity contribution is -0.121. The monoisotopic (exact) mass is 400 g/mol. The summed E-state index contributed by atoms with van der Waals surface area (Å²) in [4.78, 5) is 13.8. The van der Waals surface area contributed by atoms with Crippen LogP contribution in [0.3, 0.4) is 0 Å². The normalized spacial score (nSPS) is 27.1.